The fourth-order valence-corrected chi connectivity index (χ4v) is 3.63. The molecule has 0 aliphatic heterocycles. The first-order chi connectivity index (χ1) is 15.9. The summed E-state index contributed by atoms with van der Waals surface area (Å²) in [6, 6.07) is 7.65. The van der Waals surface area contributed by atoms with Crippen molar-refractivity contribution in [1.29, 1.82) is 0 Å². The Morgan fingerprint density at radius 2 is 1.85 bits per heavy atom. The van der Waals surface area contributed by atoms with Crippen molar-refractivity contribution in [2.75, 3.05) is 6.26 Å². The van der Waals surface area contributed by atoms with Crippen LogP contribution in [0.2, 0.25) is 0 Å². The first-order valence-electron chi connectivity index (χ1n) is 11.0. The first-order valence-corrected chi connectivity index (χ1v) is 12.3. The largest absolute Gasteiger partial charge is 0.445 e. The molecule has 1 aromatic heterocycles. The Kier molecular flexibility index (Phi) is 8.87. The Morgan fingerprint density at radius 1 is 1.12 bits per heavy atom. The SMILES string of the molecule is CSc1nnc(C(=O)C(CC2CC2)NC(=O)[C@H](CC(C)C)NC(=O)OCc2ccccc2)o1. The van der Waals surface area contributed by atoms with E-state index in [-0.39, 0.29) is 23.6 Å². The molecule has 33 heavy (non-hydrogen) atoms. The Bertz CT molecular complexity index is 945. The van der Waals surface area contributed by atoms with Gasteiger partial charge < -0.3 is 19.8 Å². The van der Waals surface area contributed by atoms with Crippen LogP contribution in [-0.2, 0) is 16.1 Å². The van der Waals surface area contributed by atoms with E-state index in [1.807, 2.05) is 44.2 Å². The molecule has 2 N–H and O–H groups in total. The lowest BCUT2D eigenvalue weighted by molar-refractivity contribution is -0.124. The highest BCUT2D eigenvalue weighted by Gasteiger charge is 2.35. The number of rotatable bonds is 12. The topological polar surface area (TPSA) is 123 Å². The van der Waals surface area contributed by atoms with Gasteiger partial charge in [0.1, 0.15) is 12.6 Å². The number of ether oxygens (including phenoxy) is 1. The van der Waals surface area contributed by atoms with E-state index in [9.17, 15) is 14.4 Å². The van der Waals surface area contributed by atoms with Gasteiger partial charge in [0.15, 0.2) is 0 Å². The number of amides is 2. The molecule has 178 valence electrons. The molecule has 2 aromatic rings. The molecule has 1 heterocycles. The number of carbonyl (C=O) groups excluding carboxylic acids is 3. The summed E-state index contributed by atoms with van der Waals surface area (Å²) in [6.07, 6.45) is 4.00. The van der Waals surface area contributed by atoms with Crippen molar-refractivity contribution in [2.24, 2.45) is 11.8 Å². The van der Waals surface area contributed by atoms with Gasteiger partial charge in [0.05, 0.1) is 6.04 Å². The number of aromatic nitrogens is 2. The minimum Gasteiger partial charge on any atom is -0.445 e. The molecule has 3 rings (SSSR count). The molecule has 0 saturated heterocycles. The minimum atomic E-state index is -0.841. The number of Topliss-reactive ketones (excluding diaryl/α,β-unsaturated/α-hetero) is 1. The number of nitrogens with zero attached hydrogens (tertiary/aromatic N) is 2. The van der Waals surface area contributed by atoms with Gasteiger partial charge >= 0.3 is 6.09 Å². The molecule has 0 spiro atoms. The van der Waals surface area contributed by atoms with Gasteiger partial charge in [-0.15, -0.1) is 10.2 Å². The van der Waals surface area contributed by atoms with E-state index in [4.69, 9.17) is 9.15 Å². The third kappa shape index (κ3) is 7.88. The summed E-state index contributed by atoms with van der Waals surface area (Å²) < 4.78 is 10.6. The number of nitrogens with one attached hydrogen (secondary N) is 2. The van der Waals surface area contributed by atoms with Crippen LogP contribution in [0.1, 0.15) is 55.8 Å². The molecule has 1 unspecified atom stereocenters. The van der Waals surface area contributed by atoms with Gasteiger partial charge in [-0.05, 0) is 36.5 Å². The quantitative estimate of drug-likeness (QED) is 0.353. The van der Waals surface area contributed by atoms with Crippen molar-refractivity contribution < 1.29 is 23.5 Å². The van der Waals surface area contributed by atoms with E-state index in [1.165, 1.54) is 11.8 Å². The van der Waals surface area contributed by atoms with E-state index >= 15 is 0 Å². The van der Waals surface area contributed by atoms with Crippen LogP contribution in [0.5, 0.6) is 0 Å². The molecular formula is C23H30N4O5S. The van der Waals surface area contributed by atoms with E-state index in [0.717, 1.165) is 18.4 Å². The Balaban J connectivity index is 1.63. The lowest BCUT2D eigenvalue weighted by Crippen LogP contribution is -2.52. The number of alkyl carbamates (subject to hydrolysis) is 1. The highest BCUT2D eigenvalue weighted by atomic mass is 32.2. The Morgan fingerprint density at radius 3 is 2.45 bits per heavy atom. The fourth-order valence-electron chi connectivity index (χ4n) is 3.34. The number of benzene rings is 1. The summed E-state index contributed by atoms with van der Waals surface area (Å²) in [4.78, 5) is 38.4. The van der Waals surface area contributed by atoms with E-state index in [2.05, 4.69) is 20.8 Å². The molecule has 10 heteroatoms. The number of thioether (sulfide) groups is 1. The van der Waals surface area contributed by atoms with Gasteiger partial charge in [0, 0.05) is 0 Å². The molecule has 9 nitrogen and oxygen atoms in total. The maximum Gasteiger partial charge on any atom is 0.408 e. The molecular weight excluding hydrogens is 444 g/mol. The van der Waals surface area contributed by atoms with Crippen LogP contribution in [0.3, 0.4) is 0 Å². The highest BCUT2D eigenvalue weighted by molar-refractivity contribution is 7.98. The summed E-state index contributed by atoms with van der Waals surface area (Å²) in [7, 11) is 0. The third-order valence-electron chi connectivity index (χ3n) is 5.22. The summed E-state index contributed by atoms with van der Waals surface area (Å²) in [5, 5.41) is 13.4. The second kappa shape index (κ2) is 11.8. The van der Waals surface area contributed by atoms with Crippen LogP contribution in [0, 0.1) is 11.8 Å². The molecule has 1 aliphatic carbocycles. The van der Waals surface area contributed by atoms with Gasteiger partial charge in [-0.25, -0.2) is 4.79 Å². The van der Waals surface area contributed by atoms with E-state index in [0.29, 0.717) is 18.8 Å². The second-order valence-electron chi connectivity index (χ2n) is 8.57. The maximum absolute atomic E-state index is 13.1. The monoisotopic (exact) mass is 474 g/mol. The van der Waals surface area contributed by atoms with Crippen LogP contribution in [0.15, 0.2) is 40.0 Å². The lowest BCUT2D eigenvalue weighted by Gasteiger charge is -2.23. The molecule has 0 bridgehead atoms. The minimum absolute atomic E-state index is 0.0976. The number of hydrogen-bond donors (Lipinski definition) is 2. The number of ketones is 1. The predicted molar refractivity (Wildman–Crippen MR) is 123 cm³/mol. The van der Waals surface area contributed by atoms with Gasteiger partial charge in [-0.2, -0.15) is 0 Å². The highest BCUT2D eigenvalue weighted by Crippen LogP contribution is 2.34. The molecule has 2 atom stereocenters. The molecule has 0 radical (unpaired) electrons. The van der Waals surface area contributed by atoms with Crippen molar-refractivity contribution in [1.82, 2.24) is 20.8 Å². The number of carbonyl (C=O) groups is 3. The van der Waals surface area contributed by atoms with Crippen LogP contribution in [0.25, 0.3) is 0 Å². The zero-order valence-electron chi connectivity index (χ0n) is 19.1. The van der Waals surface area contributed by atoms with Crippen LogP contribution in [0.4, 0.5) is 4.79 Å². The lowest BCUT2D eigenvalue weighted by atomic mass is 10.0. The van der Waals surface area contributed by atoms with Crippen molar-refractivity contribution in [3.63, 3.8) is 0 Å². The molecule has 1 aromatic carbocycles. The Hall–Kier alpha value is -2.88. The normalized spacial score (nSPS) is 15.0. The molecule has 1 aliphatic rings. The van der Waals surface area contributed by atoms with Gasteiger partial charge in [-0.3, -0.25) is 9.59 Å². The third-order valence-corrected chi connectivity index (χ3v) is 5.73. The van der Waals surface area contributed by atoms with Crippen LogP contribution >= 0.6 is 11.8 Å². The zero-order chi connectivity index (χ0) is 23.8. The standard InChI is InChI=1S/C23H30N4O5S/c1-14(2)11-18(25-22(30)31-13-16-7-5-4-6-8-16)20(29)24-17(12-15-9-10-15)19(28)21-26-27-23(32-21)33-3/h4-8,14-15,17-18H,9-13H2,1-3H3,(H,24,29)(H,25,30)/t17?,18-/m0/s1. The summed E-state index contributed by atoms with van der Waals surface area (Å²) in [6.45, 7) is 4.00. The number of hydrogen-bond acceptors (Lipinski definition) is 8. The molecule has 1 saturated carbocycles. The van der Waals surface area contributed by atoms with Gasteiger partial charge in [0.25, 0.3) is 11.1 Å². The smallest absolute Gasteiger partial charge is 0.408 e. The van der Waals surface area contributed by atoms with Crippen LogP contribution < -0.4 is 10.6 Å². The fraction of sp³-hybridized carbons (Fsp3) is 0.522. The van der Waals surface area contributed by atoms with E-state index < -0.39 is 29.9 Å². The average molecular weight is 475 g/mol. The van der Waals surface area contributed by atoms with Crippen molar-refractivity contribution in [2.45, 2.75) is 63.4 Å². The van der Waals surface area contributed by atoms with E-state index in [1.54, 1.807) is 6.26 Å². The molecule has 2 amide bonds. The summed E-state index contributed by atoms with van der Waals surface area (Å²) in [5.74, 6) is -0.481. The van der Waals surface area contributed by atoms with Crippen LogP contribution in [-0.4, -0.2) is 46.3 Å². The summed E-state index contributed by atoms with van der Waals surface area (Å²) >= 11 is 1.24. The first kappa shape index (κ1) is 24.8. The van der Waals surface area contributed by atoms with Crippen molar-refractivity contribution >= 4 is 29.5 Å². The Labute approximate surface area is 197 Å². The van der Waals surface area contributed by atoms with Crippen molar-refractivity contribution in [3.05, 3.63) is 41.8 Å². The average Bonchev–Trinajstić information content (AvgIpc) is 3.49. The second-order valence-corrected chi connectivity index (χ2v) is 9.33. The van der Waals surface area contributed by atoms with Crippen molar-refractivity contribution in [3.8, 4) is 0 Å². The molecule has 1 fully saturated rings. The van der Waals surface area contributed by atoms with Gasteiger partial charge in [0.2, 0.25) is 11.7 Å². The predicted octanol–water partition coefficient (Wildman–Crippen LogP) is 3.60. The van der Waals surface area contributed by atoms with Gasteiger partial charge in [-0.1, -0.05) is 68.8 Å². The summed E-state index contributed by atoms with van der Waals surface area (Å²) in [5.41, 5.74) is 0.844. The zero-order valence-corrected chi connectivity index (χ0v) is 19.9. The maximum atomic E-state index is 13.1.